The van der Waals surface area contributed by atoms with Gasteiger partial charge in [-0.25, -0.2) is 4.98 Å². The van der Waals surface area contributed by atoms with Crippen molar-refractivity contribution >= 4 is 34.1 Å². The molecule has 3 aliphatic heterocycles. The third-order valence-corrected chi connectivity index (χ3v) is 10.2. The number of piperazine rings is 1. The smallest absolute Gasteiger partial charge is 0.251 e. The van der Waals surface area contributed by atoms with Crippen LogP contribution in [-0.4, -0.2) is 121 Å². The van der Waals surface area contributed by atoms with Gasteiger partial charge in [-0.3, -0.25) is 19.3 Å². The number of fused-ring (bicyclic) bond motifs is 1. The van der Waals surface area contributed by atoms with E-state index in [4.69, 9.17) is 14.5 Å². The Morgan fingerprint density at radius 3 is 2.60 bits per heavy atom. The SMILES string of the molecule is COCCN1CCN(c2nc(-c3ccc(C(=O)N[C@H](C(=O)N4C[C@H](O)[C@@H]5OCC(=O)[C@H]54)C4CCCCC4)cc3)cs2)CC1. The number of hydrogen-bond acceptors (Lipinski definition) is 10. The molecular weight excluding hydrogens is 570 g/mol. The number of carbonyl (C=O) groups is 3. The molecule has 0 bridgehead atoms. The zero-order valence-corrected chi connectivity index (χ0v) is 25.5. The van der Waals surface area contributed by atoms with Crippen LogP contribution in [0.5, 0.6) is 0 Å². The van der Waals surface area contributed by atoms with Gasteiger partial charge < -0.3 is 29.7 Å². The van der Waals surface area contributed by atoms with Gasteiger partial charge in [0.25, 0.3) is 5.91 Å². The molecule has 4 heterocycles. The normalized spacial score (nSPS) is 25.6. The molecule has 232 valence electrons. The van der Waals surface area contributed by atoms with Gasteiger partial charge in [0.2, 0.25) is 5.91 Å². The van der Waals surface area contributed by atoms with Crippen molar-refractivity contribution in [3.05, 3.63) is 35.2 Å². The number of amides is 2. The minimum atomic E-state index is -0.910. The zero-order valence-electron chi connectivity index (χ0n) is 24.7. The van der Waals surface area contributed by atoms with Gasteiger partial charge in [0.15, 0.2) is 10.9 Å². The van der Waals surface area contributed by atoms with Gasteiger partial charge in [0.1, 0.15) is 30.9 Å². The van der Waals surface area contributed by atoms with Crippen molar-refractivity contribution in [2.24, 2.45) is 5.92 Å². The van der Waals surface area contributed by atoms with Crippen LogP contribution in [0.15, 0.2) is 29.6 Å². The molecule has 4 aliphatic rings. The fourth-order valence-electron chi connectivity index (χ4n) is 6.83. The van der Waals surface area contributed by atoms with Gasteiger partial charge in [-0.15, -0.1) is 11.3 Å². The molecule has 4 fully saturated rings. The van der Waals surface area contributed by atoms with Crippen molar-refractivity contribution < 1.29 is 29.0 Å². The zero-order chi connectivity index (χ0) is 29.9. The molecule has 0 unspecified atom stereocenters. The summed E-state index contributed by atoms with van der Waals surface area (Å²) in [5.41, 5.74) is 2.25. The molecule has 1 aromatic heterocycles. The highest BCUT2D eigenvalue weighted by Crippen LogP contribution is 2.33. The number of aromatic nitrogens is 1. The van der Waals surface area contributed by atoms with Crippen molar-refractivity contribution in [2.45, 2.75) is 56.4 Å². The van der Waals surface area contributed by atoms with Crippen LogP contribution in [0.3, 0.4) is 0 Å². The van der Waals surface area contributed by atoms with Crippen molar-refractivity contribution in [1.82, 2.24) is 20.1 Å². The summed E-state index contributed by atoms with van der Waals surface area (Å²) in [5, 5.41) is 16.5. The number of nitrogens with one attached hydrogen (secondary N) is 1. The number of ether oxygens (including phenoxy) is 2. The molecule has 1 saturated carbocycles. The summed E-state index contributed by atoms with van der Waals surface area (Å²) in [7, 11) is 1.73. The van der Waals surface area contributed by atoms with E-state index in [0.717, 1.165) is 87.8 Å². The summed E-state index contributed by atoms with van der Waals surface area (Å²) in [6.07, 6.45) is 3.16. The van der Waals surface area contributed by atoms with Gasteiger partial charge in [0.05, 0.1) is 18.8 Å². The summed E-state index contributed by atoms with van der Waals surface area (Å²) >= 11 is 1.63. The number of methoxy groups -OCH3 is 1. The summed E-state index contributed by atoms with van der Waals surface area (Å²) < 4.78 is 10.7. The molecular formula is C31H41N5O6S. The van der Waals surface area contributed by atoms with E-state index in [9.17, 15) is 19.5 Å². The Morgan fingerprint density at radius 1 is 1.14 bits per heavy atom. The lowest BCUT2D eigenvalue weighted by Gasteiger charge is -2.34. The summed E-state index contributed by atoms with van der Waals surface area (Å²) in [4.78, 5) is 50.9. The molecule has 1 aliphatic carbocycles. The average Bonchev–Trinajstić information content (AvgIpc) is 3.77. The fourth-order valence-corrected chi connectivity index (χ4v) is 7.71. The maximum Gasteiger partial charge on any atom is 0.251 e. The van der Waals surface area contributed by atoms with Crippen molar-refractivity contribution in [2.75, 3.05) is 64.5 Å². The molecule has 1 aromatic carbocycles. The number of anilines is 1. The first-order valence-corrected chi connectivity index (χ1v) is 16.3. The highest BCUT2D eigenvalue weighted by atomic mass is 32.1. The van der Waals surface area contributed by atoms with Crippen LogP contribution in [0.25, 0.3) is 11.3 Å². The highest BCUT2D eigenvalue weighted by molar-refractivity contribution is 7.14. The predicted octanol–water partition coefficient (Wildman–Crippen LogP) is 1.80. The lowest BCUT2D eigenvalue weighted by molar-refractivity contribution is -0.139. The minimum absolute atomic E-state index is 0.0200. The van der Waals surface area contributed by atoms with Crippen LogP contribution in [0.1, 0.15) is 42.5 Å². The topological polar surface area (TPSA) is 125 Å². The first-order chi connectivity index (χ1) is 20.9. The maximum atomic E-state index is 13.9. The monoisotopic (exact) mass is 611 g/mol. The first-order valence-electron chi connectivity index (χ1n) is 15.4. The molecule has 3 saturated heterocycles. The summed E-state index contributed by atoms with van der Waals surface area (Å²) in [6, 6.07) is 5.78. The third kappa shape index (κ3) is 6.48. The number of nitrogens with zero attached hydrogens (tertiary/aromatic N) is 4. The highest BCUT2D eigenvalue weighted by Gasteiger charge is 2.53. The van der Waals surface area contributed by atoms with Crippen LogP contribution in [0.4, 0.5) is 5.13 Å². The molecule has 0 radical (unpaired) electrons. The molecule has 11 nitrogen and oxygen atoms in total. The number of benzene rings is 1. The molecule has 6 rings (SSSR count). The van der Waals surface area contributed by atoms with Crippen molar-refractivity contribution in [3.63, 3.8) is 0 Å². The van der Waals surface area contributed by atoms with Crippen LogP contribution in [-0.2, 0) is 19.1 Å². The maximum absolute atomic E-state index is 13.9. The number of likely N-dealkylation sites (tertiary alicyclic amines) is 1. The number of carbonyl (C=O) groups excluding carboxylic acids is 3. The largest absolute Gasteiger partial charge is 0.388 e. The quantitative estimate of drug-likeness (QED) is 0.437. The van der Waals surface area contributed by atoms with Gasteiger partial charge in [-0.05, 0) is 30.9 Å². The van der Waals surface area contributed by atoms with Crippen LogP contribution < -0.4 is 10.2 Å². The third-order valence-electron chi connectivity index (χ3n) is 9.30. The van der Waals surface area contributed by atoms with Gasteiger partial charge in [-0.2, -0.15) is 0 Å². The second kappa shape index (κ2) is 13.4. The molecule has 2 aromatic rings. The average molecular weight is 612 g/mol. The van der Waals surface area contributed by atoms with E-state index < -0.39 is 24.3 Å². The van der Waals surface area contributed by atoms with Crippen LogP contribution >= 0.6 is 11.3 Å². The Morgan fingerprint density at radius 2 is 1.88 bits per heavy atom. The molecule has 2 amide bonds. The van der Waals surface area contributed by atoms with Crippen LogP contribution in [0.2, 0.25) is 0 Å². The van der Waals surface area contributed by atoms with E-state index in [2.05, 4.69) is 15.1 Å². The van der Waals surface area contributed by atoms with Crippen molar-refractivity contribution in [3.8, 4) is 11.3 Å². The standard InChI is InChI=1S/C31H41N5O6S/c1-41-16-15-34-11-13-35(14-12-34)31-32-23(19-43-31)20-7-9-22(10-8-20)29(39)33-26(21-5-3-2-4-6-21)30(40)36-17-24(37)28-27(36)25(38)18-42-28/h7-10,19,21,24,26-28,37H,2-6,11-18H2,1H3,(H,33,39)/t24-,26-,27+,28-/m0/s1. The number of β-amino-alcohol motifs (C(OH)–C–C–N with tert-alkyl or cyclic N) is 1. The second-order valence-corrected chi connectivity index (χ2v) is 12.8. The van der Waals surface area contributed by atoms with E-state index in [0.29, 0.717) is 5.56 Å². The van der Waals surface area contributed by atoms with E-state index in [1.54, 1.807) is 30.6 Å². The second-order valence-electron chi connectivity index (χ2n) is 12.0. The Hall–Kier alpha value is -2.90. The summed E-state index contributed by atoms with van der Waals surface area (Å²) in [5.74, 6) is -0.856. The summed E-state index contributed by atoms with van der Waals surface area (Å²) in [6.45, 7) is 5.44. The van der Waals surface area contributed by atoms with E-state index in [1.807, 2.05) is 17.5 Å². The van der Waals surface area contributed by atoms with E-state index in [1.165, 1.54) is 4.90 Å². The van der Waals surface area contributed by atoms with Crippen molar-refractivity contribution in [1.29, 1.82) is 0 Å². The Balaban J connectivity index is 1.11. The molecule has 2 N–H and O–H groups in total. The predicted molar refractivity (Wildman–Crippen MR) is 162 cm³/mol. The minimum Gasteiger partial charge on any atom is -0.388 e. The molecule has 0 spiro atoms. The molecule has 43 heavy (non-hydrogen) atoms. The number of aliphatic hydroxyl groups is 1. The van der Waals surface area contributed by atoms with Gasteiger partial charge in [-0.1, -0.05) is 31.4 Å². The van der Waals surface area contributed by atoms with E-state index in [-0.39, 0.29) is 36.7 Å². The lowest BCUT2D eigenvalue weighted by atomic mass is 9.83. The number of hydrogen-bond donors (Lipinski definition) is 2. The molecule has 4 atom stereocenters. The number of ketones is 1. The lowest BCUT2D eigenvalue weighted by Crippen LogP contribution is -2.55. The number of Topliss-reactive ketones (excluding diaryl/α,β-unsaturated/α-hetero) is 1. The Kier molecular flexibility index (Phi) is 9.39. The van der Waals surface area contributed by atoms with Gasteiger partial charge >= 0.3 is 0 Å². The first kappa shape index (κ1) is 30.1. The fraction of sp³-hybridized carbons (Fsp3) is 0.613. The van der Waals surface area contributed by atoms with E-state index >= 15 is 0 Å². The Bertz CT molecular complexity index is 1290. The van der Waals surface area contributed by atoms with Crippen LogP contribution in [0, 0.1) is 5.92 Å². The number of aliphatic hydroxyl groups excluding tert-OH is 1. The number of rotatable bonds is 9. The van der Waals surface area contributed by atoms with Gasteiger partial charge in [0, 0.05) is 56.3 Å². The number of thiazole rings is 1. The Labute approximate surface area is 256 Å². The molecule has 12 heteroatoms.